The molecule has 8 heteroatoms. The number of thioether (sulfide) groups is 1. The van der Waals surface area contributed by atoms with Crippen molar-refractivity contribution >= 4 is 40.9 Å². The molecule has 3 rings (SSSR count). The van der Waals surface area contributed by atoms with E-state index in [9.17, 15) is 4.79 Å². The Balaban J connectivity index is 1.73. The maximum absolute atomic E-state index is 12.6. The first-order valence-corrected chi connectivity index (χ1v) is 11.0. The number of hydrogen-bond acceptors (Lipinski definition) is 4. The molecule has 0 bridgehead atoms. The number of nitrogens with zero attached hydrogens (tertiary/aromatic N) is 3. The topological polar surface area (TPSA) is 59.8 Å². The molecule has 0 saturated carbocycles. The minimum absolute atomic E-state index is 0.122. The van der Waals surface area contributed by atoms with E-state index in [1.807, 2.05) is 61.7 Å². The number of halogens is 2. The first-order valence-electron chi connectivity index (χ1n) is 9.27. The van der Waals surface area contributed by atoms with Crippen LogP contribution < -0.4 is 5.32 Å². The van der Waals surface area contributed by atoms with E-state index in [1.54, 1.807) is 17.8 Å². The van der Waals surface area contributed by atoms with Crippen LogP contribution >= 0.6 is 35.0 Å². The summed E-state index contributed by atoms with van der Waals surface area (Å²) < 4.78 is 2.01. The van der Waals surface area contributed by atoms with Crippen LogP contribution in [0.5, 0.6) is 0 Å². The fraction of sp³-hybridized carbons (Fsp3) is 0.286. The Kier molecular flexibility index (Phi) is 7.22. The Morgan fingerprint density at radius 2 is 1.97 bits per heavy atom. The fourth-order valence-corrected chi connectivity index (χ4v) is 4.54. The van der Waals surface area contributed by atoms with Crippen molar-refractivity contribution in [1.29, 1.82) is 0 Å². The molecule has 1 atom stereocenters. The summed E-state index contributed by atoms with van der Waals surface area (Å²) in [5.41, 5.74) is 2.58. The number of carbonyl (C=O) groups excluding carboxylic acids is 1. The average molecular weight is 449 g/mol. The van der Waals surface area contributed by atoms with Crippen LogP contribution in [0, 0.1) is 6.92 Å². The van der Waals surface area contributed by atoms with Crippen molar-refractivity contribution in [2.24, 2.45) is 0 Å². The maximum atomic E-state index is 12.6. The van der Waals surface area contributed by atoms with Gasteiger partial charge < -0.3 is 9.88 Å². The van der Waals surface area contributed by atoms with E-state index in [1.165, 1.54) is 0 Å². The summed E-state index contributed by atoms with van der Waals surface area (Å²) in [5.74, 6) is 1.25. The molecule has 29 heavy (non-hydrogen) atoms. The number of amides is 1. The highest BCUT2D eigenvalue weighted by molar-refractivity contribution is 7.98. The number of benzene rings is 2. The molecular formula is C21H22Cl2N4OS. The second-order valence-electron chi connectivity index (χ2n) is 6.62. The van der Waals surface area contributed by atoms with Gasteiger partial charge in [0.15, 0.2) is 11.0 Å². The Morgan fingerprint density at radius 3 is 2.66 bits per heavy atom. The third-order valence-electron chi connectivity index (χ3n) is 4.56. The molecule has 0 spiro atoms. The highest BCUT2D eigenvalue weighted by Crippen LogP contribution is 2.29. The van der Waals surface area contributed by atoms with Gasteiger partial charge in [-0.2, -0.15) is 0 Å². The lowest BCUT2D eigenvalue weighted by atomic mass is 10.1. The maximum Gasteiger partial charge on any atom is 0.252 e. The molecule has 0 saturated heterocycles. The molecule has 0 radical (unpaired) electrons. The van der Waals surface area contributed by atoms with Gasteiger partial charge in [0.1, 0.15) is 0 Å². The van der Waals surface area contributed by atoms with E-state index in [0.717, 1.165) is 22.1 Å². The molecule has 0 aliphatic rings. The number of nitrogens with one attached hydrogen (secondary N) is 1. The van der Waals surface area contributed by atoms with Crippen molar-refractivity contribution < 1.29 is 4.79 Å². The normalized spacial score (nSPS) is 12.0. The van der Waals surface area contributed by atoms with E-state index >= 15 is 0 Å². The predicted molar refractivity (Wildman–Crippen MR) is 119 cm³/mol. The third-order valence-corrected chi connectivity index (χ3v) is 6.16. The molecule has 0 aliphatic carbocycles. The van der Waals surface area contributed by atoms with Crippen LogP contribution in [-0.4, -0.2) is 20.7 Å². The summed E-state index contributed by atoms with van der Waals surface area (Å²) >= 11 is 13.8. The number of aryl methyl sites for hydroxylation is 1. The lowest BCUT2D eigenvalue weighted by Gasteiger charge is -2.16. The van der Waals surface area contributed by atoms with Gasteiger partial charge in [-0.05, 0) is 50.1 Å². The van der Waals surface area contributed by atoms with Crippen molar-refractivity contribution in [3.8, 4) is 0 Å². The molecule has 152 valence electrons. The SMILES string of the molecule is CCn1c(SCc2ccc(Cl)cc2Cl)nnc1[C@H](C)NC(=O)c1ccccc1C. The van der Waals surface area contributed by atoms with E-state index in [2.05, 4.69) is 15.5 Å². The van der Waals surface area contributed by atoms with Gasteiger partial charge in [0, 0.05) is 27.9 Å². The smallest absolute Gasteiger partial charge is 0.252 e. The molecule has 0 aliphatic heterocycles. The second kappa shape index (κ2) is 9.65. The van der Waals surface area contributed by atoms with Gasteiger partial charge >= 0.3 is 0 Å². The standard InChI is InChI=1S/C21H22Cl2N4OS/c1-4-27-19(14(3)24-20(28)17-8-6-5-7-13(17)2)25-26-21(27)29-12-15-9-10-16(22)11-18(15)23/h5-11,14H,4,12H2,1-3H3,(H,24,28)/t14-/m0/s1. The van der Waals surface area contributed by atoms with Gasteiger partial charge in [-0.1, -0.05) is 59.2 Å². The largest absolute Gasteiger partial charge is 0.342 e. The Hall–Kier alpha value is -2.02. The monoisotopic (exact) mass is 448 g/mol. The lowest BCUT2D eigenvalue weighted by molar-refractivity contribution is 0.0937. The van der Waals surface area contributed by atoms with Gasteiger partial charge in [0.25, 0.3) is 5.91 Å². The molecule has 3 aromatic rings. The number of aromatic nitrogens is 3. The molecular weight excluding hydrogens is 427 g/mol. The summed E-state index contributed by atoms with van der Waals surface area (Å²) in [5, 5.41) is 13.7. The quantitative estimate of drug-likeness (QED) is 0.471. The highest BCUT2D eigenvalue weighted by Gasteiger charge is 2.20. The first kappa shape index (κ1) is 21.7. The number of carbonyl (C=O) groups is 1. The van der Waals surface area contributed by atoms with Crippen LogP contribution in [0.1, 0.15) is 47.2 Å². The minimum Gasteiger partial charge on any atom is -0.342 e. The zero-order chi connectivity index (χ0) is 21.0. The fourth-order valence-electron chi connectivity index (χ4n) is 2.97. The minimum atomic E-state index is -0.275. The van der Waals surface area contributed by atoms with Crippen LogP contribution in [-0.2, 0) is 12.3 Å². The van der Waals surface area contributed by atoms with Crippen LogP contribution in [0.2, 0.25) is 10.0 Å². The zero-order valence-corrected chi connectivity index (χ0v) is 18.8. The summed E-state index contributed by atoms with van der Waals surface area (Å²) in [6, 6.07) is 12.7. The Bertz CT molecular complexity index is 1020. The van der Waals surface area contributed by atoms with Crippen molar-refractivity contribution in [3.63, 3.8) is 0 Å². The average Bonchev–Trinajstić information content (AvgIpc) is 3.10. The summed E-state index contributed by atoms with van der Waals surface area (Å²) in [6.07, 6.45) is 0. The number of hydrogen-bond donors (Lipinski definition) is 1. The highest BCUT2D eigenvalue weighted by atomic mass is 35.5. The van der Waals surface area contributed by atoms with Crippen LogP contribution in [0.3, 0.4) is 0 Å². The van der Waals surface area contributed by atoms with Gasteiger partial charge in [-0.3, -0.25) is 4.79 Å². The molecule has 1 amide bonds. The summed E-state index contributed by atoms with van der Waals surface area (Å²) in [7, 11) is 0. The predicted octanol–water partition coefficient (Wildman–Crippen LogP) is 5.70. The van der Waals surface area contributed by atoms with Gasteiger partial charge in [0.2, 0.25) is 0 Å². The van der Waals surface area contributed by atoms with Gasteiger partial charge in [0.05, 0.1) is 6.04 Å². The van der Waals surface area contributed by atoms with Crippen LogP contribution in [0.15, 0.2) is 47.6 Å². The van der Waals surface area contributed by atoms with Gasteiger partial charge in [-0.15, -0.1) is 10.2 Å². The first-order chi connectivity index (χ1) is 13.9. The zero-order valence-electron chi connectivity index (χ0n) is 16.4. The molecule has 1 aromatic heterocycles. The lowest BCUT2D eigenvalue weighted by Crippen LogP contribution is -2.29. The summed E-state index contributed by atoms with van der Waals surface area (Å²) in [6.45, 7) is 6.56. The van der Waals surface area contributed by atoms with Gasteiger partial charge in [-0.25, -0.2) is 0 Å². The van der Waals surface area contributed by atoms with E-state index in [-0.39, 0.29) is 11.9 Å². The van der Waals surface area contributed by atoms with Crippen molar-refractivity contribution in [2.75, 3.05) is 0 Å². The van der Waals surface area contributed by atoms with Crippen LogP contribution in [0.25, 0.3) is 0 Å². The van der Waals surface area contributed by atoms with Crippen molar-refractivity contribution in [2.45, 2.75) is 44.3 Å². The van der Waals surface area contributed by atoms with Crippen molar-refractivity contribution in [1.82, 2.24) is 20.1 Å². The van der Waals surface area contributed by atoms with E-state index in [0.29, 0.717) is 27.9 Å². The third kappa shape index (κ3) is 5.13. The van der Waals surface area contributed by atoms with Crippen LogP contribution in [0.4, 0.5) is 0 Å². The van der Waals surface area contributed by atoms with E-state index < -0.39 is 0 Å². The molecule has 0 unspecified atom stereocenters. The Morgan fingerprint density at radius 1 is 1.21 bits per heavy atom. The Labute approximate surface area is 184 Å². The van der Waals surface area contributed by atoms with E-state index in [4.69, 9.17) is 23.2 Å². The molecule has 1 heterocycles. The molecule has 2 aromatic carbocycles. The second-order valence-corrected chi connectivity index (χ2v) is 8.41. The summed E-state index contributed by atoms with van der Waals surface area (Å²) in [4.78, 5) is 12.6. The molecule has 1 N–H and O–H groups in total. The van der Waals surface area contributed by atoms with Crippen molar-refractivity contribution in [3.05, 3.63) is 75.0 Å². The number of rotatable bonds is 7. The molecule has 0 fully saturated rings. The molecule has 5 nitrogen and oxygen atoms in total.